The van der Waals surface area contributed by atoms with Crippen molar-refractivity contribution < 1.29 is 9.15 Å². The van der Waals surface area contributed by atoms with Gasteiger partial charge in [-0.15, -0.1) is 24.0 Å². The first-order chi connectivity index (χ1) is 12.7. The fourth-order valence-corrected chi connectivity index (χ4v) is 2.72. The predicted octanol–water partition coefficient (Wildman–Crippen LogP) is 3.23. The SMILES string of the molecule is CN=C(NCCCOC)NCc1ccccc1CN(C)Cc1ccco1.I. The topological polar surface area (TPSA) is 62.0 Å². The van der Waals surface area contributed by atoms with Gasteiger partial charge in [0, 0.05) is 40.4 Å². The summed E-state index contributed by atoms with van der Waals surface area (Å²) < 4.78 is 10.5. The summed E-state index contributed by atoms with van der Waals surface area (Å²) in [7, 11) is 5.60. The molecule has 0 amide bonds. The maximum absolute atomic E-state index is 5.43. The molecule has 0 saturated carbocycles. The van der Waals surface area contributed by atoms with Crippen molar-refractivity contribution in [3.63, 3.8) is 0 Å². The Labute approximate surface area is 179 Å². The zero-order chi connectivity index (χ0) is 18.6. The van der Waals surface area contributed by atoms with Gasteiger partial charge in [-0.1, -0.05) is 24.3 Å². The van der Waals surface area contributed by atoms with E-state index in [4.69, 9.17) is 9.15 Å². The highest BCUT2D eigenvalue weighted by Gasteiger charge is 2.08. The molecule has 0 aliphatic heterocycles. The first-order valence-electron chi connectivity index (χ1n) is 8.94. The summed E-state index contributed by atoms with van der Waals surface area (Å²) in [6, 6.07) is 12.4. The Balaban J connectivity index is 0.00000364. The van der Waals surface area contributed by atoms with Crippen molar-refractivity contribution in [3.05, 3.63) is 59.5 Å². The Morgan fingerprint density at radius 2 is 1.89 bits per heavy atom. The van der Waals surface area contributed by atoms with Crippen LogP contribution in [0.5, 0.6) is 0 Å². The highest BCUT2D eigenvalue weighted by Crippen LogP contribution is 2.13. The van der Waals surface area contributed by atoms with Crippen LogP contribution in [0.4, 0.5) is 0 Å². The Hall–Kier alpha value is -1.58. The molecule has 0 saturated heterocycles. The van der Waals surface area contributed by atoms with Gasteiger partial charge >= 0.3 is 0 Å². The molecule has 6 nitrogen and oxygen atoms in total. The Morgan fingerprint density at radius 3 is 2.56 bits per heavy atom. The van der Waals surface area contributed by atoms with Gasteiger partial charge < -0.3 is 19.8 Å². The van der Waals surface area contributed by atoms with Crippen molar-refractivity contribution in [2.24, 2.45) is 4.99 Å². The second-order valence-electron chi connectivity index (χ2n) is 6.22. The van der Waals surface area contributed by atoms with Crippen molar-refractivity contribution in [2.45, 2.75) is 26.1 Å². The van der Waals surface area contributed by atoms with Gasteiger partial charge in [-0.25, -0.2) is 0 Å². The van der Waals surface area contributed by atoms with Gasteiger partial charge in [0.2, 0.25) is 0 Å². The van der Waals surface area contributed by atoms with E-state index in [0.29, 0.717) is 0 Å². The number of aliphatic imine (C=N–C) groups is 1. The van der Waals surface area contributed by atoms with E-state index in [1.54, 1.807) is 20.4 Å². The van der Waals surface area contributed by atoms with Crippen molar-refractivity contribution in [1.82, 2.24) is 15.5 Å². The molecule has 0 unspecified atom stereocenters. The van der Waals surface area contributed by atoms with Gasteiger partial charge in [0.1, 0.15) is 5.76 Å². The number of halogens is 1. The van der Waals surface area contributed by atoms with Gasteiger partial charge in [0.15, 0.2) is 5.96 Å². The average molecular weight is 486 g/mol. The van der Waals surface area contributed by atoms with Crippen LogP contribution in [0.1, 0.15) is 23.3 Å². The van der Waals surface area contributed by atoms with Gasteiger partial charge in [0.25, 0.3) is 0 Å². The van der Waals surface area contributed by atoms with Crippen LogP contribution in [0, 0.1) is 0 Å². The summed E-state index contributed by atoms with van der Waals surface area (Å²) >= 11 is 0. The molecule has 0 bridgehead atoms. The van der Waals surface area contributed by atoms with E-state index in [2.05, 4.69) is 51.8 Å². The zero-order valence-electron chi connectivity index (χ0n) is 16.4. The number of nitrogens with one attached hydrogen (secondary N) is 2. The van der Waals surface area contributed by atoms with Crippen LogP contribution in [0.2, 0.25) is 0 Å². The minimum atomic E-state index is 0. The van der Waals surface area contributed by atoms with E-state index in [0.717, 1.165) is 50.9 Å². The molecule has 0 spiro atoms. The van der Waals surface area contributed by atoms with E-state index in [-0.39, 0.29) is 24.0 Å². The summed E-state index contributed by atoms with van der Waals surface area (Å²) in [5.74, 6) is 1.78. The van der Waals surface area contributed by atoms with E-state index in [1.165, 1.54) is 11.1 Å². The van der Waals surface area contributed by atoms with Crippen LogP contribution >= 0.6 is 24.0 Å². The summed E-state index contributed by atoms with van der Waals surface area (Å²) in [6.45, 7) is 3.96. The second-order valence-corrected chi connectivity index (χ2v) is 6.22. The predicted molar refractivity (Wildman–Crippen MR) is 120 cm³/mol. The largest absolute Gasteiger partial charge is 0.468 e. The number of ether oxygens (including phenoxy) is 1. The third-order valence-corrected chi connectivity index (χ3v) is 4.05. The number of hydrogen-bond acceptors (Lipinski definition) is 4. The minimum absolute atomic E-state index is 0. The molecule has 1 heterocycles. The van der Waals surface area contributed by atoms with Crippen molar-refractivity contribution >= 4 is 29.9 Å². The third kappa shape index (κ3) is 8.77. The molecule has 7 heteroatoms. The highest BCUT2D eigenvalue weighted by molar-refractivity contribution is 14.0. The monoisotopic (exact) mass is 486 g/mol. The van der Waals surface area contributed by atoms with Crippen LogP contribution < -0.4 is 10.6 Å². The molecule has 0 aliphatic rings. The van der Waals surface area contributed by atoms with Gasteiger partial charge in [-0.3, -0.25) is 9.89 Å². The summed E-state index contributed by atoms with van der Waals surface area (Å²) in [6.07, 6.45) is 2.66. The number of hydrogen-bond donors (Lipinski definition) is 2. The number of benzene rings is 1. The first kappa shape index (κ1) is 23.5. The number of rotatable bonds is 10. The number of nitrogens with zero attached hydrogens (tertiary/aromatic N) is 2. The second kappa shape index (κ2) is 13.6. The molecule has 27 heavy (non-hydrogen) atoms. The molecule has 2 aromatic rings. The maximum Gasteiger partial charge on any atom is 0.191 e. The molecule has 1 aromatic carbocycles. The zero-order valence-corrected chi connectivity index (χ0v) is 18.7. The third-order valence-electron chi connectivity index (χ3n) is 4.05. The van der Waals surface area contributed by atoms with E-state index < -0.39 is 0 Å². The normalized spacial score (nSPS) is 11.3. The van der Waals surface area contributed by atoms with Gasteiger partial charge in [-0.05, 0) is 36.7 Å². The molecular weight excluding hydrogens is 455 g/mol. The Bertz CT molecular complexity index is 662. The summed E-state index contributed by atoms with van der Waals surface area (Å²) in [4.78, 5) is 6.52. The van der Waals surface area contributed by atoms with Crippen LogP contribution in [0.3, 0.4) is 0 Å². The fraction of sp³-hybridized carbons (Fsp3) is 0.450. The lowest BCUT2D eigenvalue weighted by Crippen LogP contribution is -2.37. The van der Waals surface area contributed by atoms with Crippen LogP contribution in [0.15, 0.2) is 52.1 Å². The van der Waals surface area contributed by atoms with Crippen molar-refractivity contribution in [3.8, 4) is 0 Å². The van der Waals surface area contributed by atoms with Crippen molar-refractivity contribution in [1.29, 1.82) is 0 Å². The quantitative estimate of drug-likeness (QED) is 0.234. The number of methoxy groups -OCH3 is 1. The summed E-state index contributed by atoms with van der Waals surface area (Å²) in [5.41, 5.74) is 2.56. The van der Waals surface area contributed by atoms with Crippen LogP contribution in [-0.2, 0) is 24.4 Å². The molecular formula is C20H31IN4O2. The molecule has 2 rings (SSSR count). The van der Waals surface area contributed by atoms with Crippen LogP contribution in [0.25, 0.3) is 0 Å². The molecule has 1 aromatic heterocycles. The standard InChI is InChI=1S/C20H30N4O2.HI/c1-21-20(22-11-7-12-25-3)23-14-17-8-4-5-9-18(17)15-24(2)16-19-10-6-13-26-19;/h4-6,8-10,13H,7,11-12,14-16H2,1-3H3,(H2,21,22,23);1H. The Kier molecular flexibility index (Phi) is 11.8. The maximum atomic E-state index is 5.43. The fourth-order valence-electron chi connectivity index (χ4n) is 2.72. The summed E-state index contributed by atoms with van der Waals surface area (Å²) in [5, 5.41) is 6.68. The number of furan rings is 1. The van der Waals surface area contributed by atoms with Crippen molar-refractivity contribution in [2.75, 3.05) is 34.4 Å². The highest BCUT2D eigenvalue weighted by atomic mass is 127. The number of guanidine groups is 1. The van der Waals surface area contributed by atoms with E-state index in [9.17, 15) is 0 Å². The lowest BCUT2D eigenvalue weighted by molar-refractivity contribution is 0.195. The molecule has 150 valence electrons. The minimum Gasteiger partial charge on any atom is -0.468 e. The molecule has 0 radical (unpaired) electrons. The molecule has 0 aliphatic carbocycles. The smallest absolute Gasteiger partial charge is 0.191 e. The molecule has 0 fully saturated rings. The lowest BCUT2D eigenvalue weighted by atomic mass is 10.1. The van der Waals surface area contributed by atoms with Gasteiger partial charge in [0.05, 0.1) is 12.8 Å². The van der Waals surface area contributed by atoms with E-state index in [1.807, 2.05) is 12.1 Å². The molecule has 2 N–H and O–H groups in total. The van der Waals surface area contributed by atoms with Gasteiger partial charge in [-0.2, -0.15) is 0 Å². The first-order valence-corrected chi connectivity index (χ1v) is 8.94. The lowest BCUT2D eigenvalue weighted by Gasteiger charge is -2.19. The molecule has 0 atom stereocenters. The Morgan fingerprint density at radius 1 is 1.11 bits per heavy atom. The average Bonchev–Trinajstić information content (AvgIpc) is 3.15. The van der Waals surface area contributed by atoms with E-state index >= 15 is 0 Å². The van der Waals surface area contributed by atoms with Crippen LogP contribution in [-0.4, -0.2) is 45.2 Å².